The van der Waals surface area contributed by atoms with Crippen LogP contribution in [0.5, 0.6) is 0 Å². The fourth-order valence-corrected chi connectivity index (χ4v) is 3.68. The van der Waals surface area contributed by atoms with Gasteiger partial charge in [-0.2, -0.15) is 0 Å². The van der Waals surface area contributed by atoms with Gasteiger partial charge in [-0.3, -0.25) is 19.7 Å². The Bertz CT molecular complexity index is 853. The number of aromatic amines is 1. The van der Waals surface area contributed by atoms with Crippen LogP contribution >= 0.6 is 11.3 Å². The molecule has 0 saturated heterocycles. The Morgan fingerprint density at radius 3 is 2.83 bits per heavy atom. The van der Waals surface area contributed by atoms with Crippen molar-refractivity contribution in [2.75, 3.05) is 0 Å². The van der Waals surface area contributed by atoms with Crippen molar-refractivity contribution < 1.29 is 9.72 Å². The molecule has 2 N–H and O–H groups in total. The second-order valence-electron chi connectivity index (χ2n) is 5.45. The zero-order chi connectivity index (χ0) is 16.6. The van der Waals surface area contributed by atoms with Gasteiger partial charge in [-0.15, -0.1) is 0 Å². The van der Waals surface area contributed by atoms with Gasteiger partial charge in [-0.05, 0) is 43.4 Å². The lowest BCUT2D eigenvalue weighted by Gasteiger charge is -2.10. The van der Waals surface area contributed by atoms with Crippen LogP contribution in [0, 0.1) is 17.0 Å². The van der Waals surface area contributed by atoms with E-state index in [4.69, 9.17) is 0 Å². The Balaban J connectivity index is 1.78. The number of hydrogen-bond donors (Lipinski definition) is 2. The molecule has 8 heteroatoms. The van der Waals surface area contributed by atoms with E-state index in [0.717, 1.165) is 41.9 Å². The van der Waals surface area contributed by atoms with Gasteiger partial charge in [0.25, 0.3) is 11.5 Å². The zero-order valence-electron chi connectivity index (χ0n) is 12.5. The highest BCUT2D eigenvalue weighted by Gasteiger charge is 2.21. The van der Waals surface area contributed by atoms with E-state index in [1.807, 2.05) is 6.92 Å². The topological polar surface area (TPSA) is 105 Å². The molecule has 3 rings (SSSR count). The highest BCUT2D eigenvalue weighted by atomic mass is 32.1. The van der Waals surface area contributed by atoms with Crippen molar-refractivity contribution in [1.29, 1.82) is 0 Å². The smallest absolute Gasteiger partial charge is 0.324 e. The zero-order valence-corrected chi connectivity index (χ0v) is 13.3. The molecule has 0 spiro atoms. The molecule has 0 bridgehead atoms. The summed E-state index contributed by atoms with van der Waals surface area (Å²) in [4.78, 5) is 37.5. The molecular weight excluding hydrogens is 318 g/mol. The summed E-state index contributed by atoms with van der Waals surface area (Å²) in [5.74, 6) is -0.408. The van der Waals surface area contributed by atoms with Gasteiger partial charge in [0.05, 0.1) is 9.80 Å². The van der Waals surface area contributed by atoms with Crippen molar-refractivity contribution >= 4 is 22.2 Å². The van der Waals surface area contributed by atoms with Gasteiger partial charge in [0.15, 0.2) is 0 Å². The Hall–Kier alpha value is -2.48. The summed E-state index contributed by atoms with van der Waals surface area (Å²) in [6.07, 6.45) is 2.79. The minimum Gasteiger partial charge on any atom is -0.347 e. The molecule has 0 aromatic carbocycles. The first-order valence-electron chi connectivity index (χ1n) is 7.23. The van der Waals surface area contributed by atoms with Gasteiger partial charge < -0.3 is 10.3 Å². The van der Waals surface area contributed by atoms with Crippen molar-refractivity contribution in [2.45, 2.75) is 32.7 Å². The van der Waals surface area contributed by atoms with Gasteiger partial charge >= 0.3 is 5.00 Å². The first kappa shape index (κ1) is 15.4. The number of H-pyrrole nitrogens is 1. The van der Waals surface area contributed by atoms with Gasteiger partial charge in [-0.25, -0.2) is 0 Å². The molecule has 0 radical (unpaired) electrons. The second kappa shape index (κ2) is 5.96. The summed E-state index contributed by atoms with van der Waals surface area (Å²) in [6, 6.07) is 2.72. The molecule has 0 atom stereocenters. The number of nitrogens with one attached hydrogen (secondary N) is 2. The third-order valence-corrected chi connectivity index (χ3v) is 5.07. The molecule has 1 amide bonds. The number of pyridine rings is 1. The monoisotopic (exact) mass is 333 g/mol. The molecule has 0 unspecified atom stereocenters. The number of rotatable bonds is 4. The normalized spacial score (nSPS) is 12.9. The highest BCUT2D eigenvalue weighted by Crippen LogP contribution is 2.26. The summed E-state index contributed by atoms with van der Waals surface area (Å²) in [7, 11) is 0. The third-order valence-electron chi connectivity index (χ3n) is 4.03. The van der Waals surface area contributed by atoms with Gasteiger partial charge in [0.2, 0.25) is 0 Å². The average molecular weight is 333 g/mol. The second-order valence-corrected chi connectivity index (χ2v) is 6.51. The quantitative estimate of drug-likeness (QED) is 0.660. The molecule has 0 fully saturated rings. The summed E-state index contributed by atoms with van der Waals surface area (Å²) in [5.41, 5.74) is 3.50. The van der Waals surface area contributed by atoms with Crippen LogP contribution < -0.4 is 10.9 Å². The Labute approximate surface area is 135 Å². The first-order valence-corrected chi connectivity index (χ1v) is 8.05. The van der Waals surface area contributed by atoms with Crippen molar-refractivity contribution in [2.24, 2.45) is 0 Å². The van der Waals surface area contributed by atoms with E-state index in [9.17, 15) is 19.7 Å². The Morgan fingerprint density at radius 2 is 2.13 bits per heavy atom. The lowest BCUT2D eigenvalue weighted by Crippen LogP contribution is -2.28. The number of nitro groups is 1. The lowest BCUT2D eigenvalue weighted by molar-refractivity contribution is -0.380. The Morgan fingerprint density at radius 1 is 1.39 bits per heavy atom. The van der Waals surface area contributed by atoms with Crippen LogP contribution in [0.25, 0.3) is 0 Å². The maximum Gasteiger partial charge on any atom is 0.324 e. The predicted octanol–water partition coefficient (Wildman–Crippen LogP) is 2.07. The van der Waals surface area contributed by atoms with E-state index in [2.05, 4.69) is 10.3 Å². The highest BCUT2D eigenvalue weighted by molar-refractivity contribution is 7.17. The van der Waals surface area contributed by atoms with Crippen molar-refractivity contribution in [3.05, 3.63) is 59.9 Å². The first-order chi connectivity index (χ1) is 11.0. The summed E-state index contributed by atoms with van der Waals surface area (Å²) < 4.78 is 0. The van der Waals surface area contributed by atoms with Crippen LogP contribution in [0.3, 0.4) is 0 Å². The molecule has 2 aromatic heterocycles. The van der Waals surface area contributed by atoms with E-state index in [0.29, 0.717) is 5.56 Å². The molecule has 0 aliphatic heterocycles. The summed E-state index contributed by atoms with van der Waals surface area (Å²) >= 11 is 0.819. The predicted molar refractivity (Wildman–Crippen MR) is 86.0 cm³/mol. The number of aryl methyl sites for hydroxylation is 1. The number of amides is 1. The number of carbonyl (C=O) groups is 1. The fraction of sp³-hybridized carbons (Fsp3) is 0.333. The molecule has 23 heavy (non-hydrogen) atoms. The van der Waals surface area contributed by atoms with Crippen LogP contribution in [0.2, 0.25) is 0 Å². The van der Waals surface area contributed by atoms with Crippen LogP contribution in [0.15, 0.2) is 16.9 Å². The van der Waals surface area contributed by atoms with Crippen molar-refractivity contribution in [3.63, 3.8) is 0 Å². The van der Waals surface area contributed by atoms with Gasteiger partial charge in [-0.1, -0.05) is 11.3 Å². The van der Waals surface area contributed by atoms with Crippen molar-refractivity contribution in [1.82, 2.24) is 10.3 Å². The fourth-order valence-electron chi connectivity index (χ4n) is 2.94. The molecule has 2 aromatic rings. The molecule has 1 aliphatic carbocycles. The standard InChI is InChI=1S/C15H15N3O4S/c1-8-9-3-2-4-10(9)11(14(19)17-8)7-16-15(20)12-5-6-13(23-12)18(21)22/h5-6H,2-4,7H2,1H3,(H,16,20)(H,17,19). The van der Waals surface area contributed by atoms with Crippen LogP contribution in [-0.4, -0.2) is 15.8 Å². The minimum atomic E-state index is -0.529. The summed E-state index contributed by atoms with van der Waals surface area (Å²) in [5, 5.41) is 13.3. The van der Waals surface area contributed by atoms with E-state index in [1.165, 1.54) is 17.7 Å². The molecule has 7 nitrogen and oxygen atoms in total. The number of fused-ring (bicyclic) bond motifs is 1. The van der Waals surface area contributed by atoms with E-state index >= 15 is 0 Å². The van der Waals surface area contributed by atoms with Crippen molar-refractivity contribution in [3.8, 4) is 0 Å². The van der Waals surface area contributed by atoms with Gasteiger partial charge in [0.1, 0.15) is 0 Å². The number of hydrogen-bond acceptors (Lipinski definition) is 5. The summed E-state index contributed by atoms with van der Waals surface area (Å²) in [6.45, 7) is 2.02. The third kappa shape index (κ3) is 2.89. The molecule has 1 aliphatic rings. The average Bonchev–Trinajstić information content (AvgIpc) is 3.16. The number of thiophene rings is 1. The largest absolute Gasteiger partial charge is 0.347 e. The number of carbonyl (C=O) groups excluding carboxylic acids is 1. The van der Waals surface area contributed by atoms with Gasteiger partial charge in [0, 0.05) is 23.9 Å². The van der Waals surface area contributed by atoms with E-state index in [-0.39, 0.29) is 22.0 Å². The maximum atomic E-state index is 12.1. The minimum absolute atomic E-state index is 0.0794. The molecule has 2 heterocycles. The van der Waals surface area contributed by atoms with Crippen LogP contribution in [0.4, 0.5) is 5.00 Å². The lowest BCUT2D eigenvalue weighted by atomic mass is 10.0. The van der Waals surface area contributed by atoms with E-state index < -0.39 is 10.8 Å². The van der Waals surface area contributed by atoms with Crippen LogP contribution in [0.1, 0.15) is 38.5 Å². The van der Waals surface area contributed by atoms with E-state index in [1.54, 1.807) is 0 Å². The number of aromatic nitrogens is 1. The Kier molecular flexibility index (Phi) is 3.99. The molecular formula is C15H15N3O4S. The number of nitrogens with zero attached hydrogens (tertiary/aromatic N) is 1. The van der Waals surface area contributed by atoms with Crippen LogP contribution in [-0.2, 0) is 19.4 Å². The molecule has 120 valence electrons. The molecule has 0 saturated carbocycles. The SMILES string of the molecule is Cc1[nH]c(=O)c(CNC(=O)c2ccc([N+](=O)[O-])s2)c2c1CCC2. The maximum absolute atomic E-state index is 12.1.